The summed E-state index contributed by atoms with van der Waals surface area (Å²) in [5.74, 6) is 1.81. The summed E-state index contributed by atoms with van der Waals surface area (Å²) in [4.78, 5) is 45.4. The maximum atomic E-state index is 14.2. The molecule has 0 N–H and O–H groups in total. The number of carbonyl (C=O) groups is 1. The van der Waals surface area contributed by atoms with Gasteiger partial charge in [-0.15, -0.1) is 0 Å². The van der Waals surface area contributed by atoms with E-state index in [9.17, 15) is 9.59 Å². The number of methoxy groups -OCH3 is 1. The van der Waals surface area contributed by atoms with Crippen molar-refractivity contribution in [2.75, 3.05) is 31.6 Å². The zero-order valence-corrected chi connectivity index (χ0v) is 27.2. The van der Waals surface area contributed by atoms with E-state index in [0.29, 0.717) is 66.0 Å². The van der Waals surface area contributed by atoms with Gasteiger partial charge in [0, 0.05) is 37.4 Å². The van der Waals surface area contributed by atoms with Crippen LogP contribution in [0.4, 0.5) is 10.6 Å². The predicted octanol–water partition coefficient (Wildman–Crippen LogP) is 5.62. The largest absolute Gasteiger partial charge is 0.496 e. The minimum Gasteiger partial charge on any atom is -0.496 e. The van der Waals surface area contributed by atoms with Crippen molar-refractivity contribution in [3.63, 3.8) is 0 Å². The van der Waals surface area contributed by atoms with E-state index < -0.39 is 11.3 Å². The number of fused-ring (bicyclic) bond motifs is 4. The number of hydrogen-bond acceptors (Lipinski definition) is 9. The molecule has 0 radical (unpaired) electrons. The molecular formula is C34H40N6O5. The number of piperazine rings is 1. The molecule has 0 spiro atoms. The first kappa shape index (κ1) is 30.4. The fraction of sp³-hybridized carbons (Fsp3) is 0.441. The lowest BCUT2D eigenvalue weighted by Gasteiger charge is -2.41. The number of ether oxygens (including phenoxy) is 3. The van der Waals surface area contributed by atoms with E-state index in [1.807, 2.05) is 65.0 Å². The Hall–Kier alpha value is -4.67. The predicted molar refractivity (Wildman–Crippen MR) is 173 cm³/mol. The van der Waals surface area contributed by atoms with Crippen molar-refractivity contribution in [3.8, 4) is 28.4 Å². The van der Waals surface area contributed by atoms with Gasteiger partial charge in [0.15, 0.2) is 5.65 Å². The van der Waals surface area contributed by atoms with Gasteiger partial charge in [-0.3, -0.25) is 4.98 Å². The fourth-order valence-corrected chi connectivity index (χ4v) is 6.16. The summed E-state index contributed by atoms with van der Waals surface area (Å²) in [6.07, 6.45) is 1.41. The Kier molecular flexibility index (Phi) is 7.66. The van der Waals surface area contributed by atoms with Crippen LogP contribution in [0.15, 0.2) is 41.3 Å². The summed E-state index contributed by atoms with van der Waals surface area (Å²) >= 11 is 0. The van der Waals surface area contributed by atoms with Gasteiger partial charge in [0.1, 0.15) is 35.2 Å². The summed E-state index contributed by atoms with van der Waals surface area (Å²) < 4.78 is 19.2. The second-order valence-electron chi connectivity index (χ2n) is 13.0. The van der Waals surface area contributed by atoms with Crippen LogP contribution < -0.4 is 20.1 Å². The third-order valence-electron chi connectivity index (χ3n) is 8.24. The van der Waals surface area contributed by atoms with Gasteiger partial charge in [-0.25, -0.2) is 19.1 Å². The van der Waals surface area contributed by atoms with E-state index in [-0.39, 0.29) is 18.1 Å². The summed E-state index contributed by atoms with van der Waals surface area (Å²) in [5, 5.41) is 0.669. The van der Waals surface area contributed by atoms with Crippen molar-refractivity contribution >= 4 is 22.9 Å². The second kappa shape index (κ2) is 11.4. The summed E-state index contributed by atoms with van der Waals surface area (Å²) in [6.45, 7) is 15.3. The van der Waals surface area contributed by atoms with Crippen LogP contribution in [-0.2, 0) is 11.3 Å². The molecule has 1 fully saturated rings. The summed E-state index contributed by atoms with van der Waals surface area (Å²) in [7, 11) is 1.63. The molecule has 1 aromatic carbocycles. The standard InChI is InChI=1S/C34H40N6O5/c1-19(2)27-29(20(3)12-13-35-27)40-31-23(16-25-28(36-31)26-22(18-44-25)10-9-11-24(26)43-8)30(37-32(40)41)39-15-14-38(17-21(39)4)33(42)45-34(5,6)7/h9-13,16,19,21H,14-15,17-18H2,1-8H3/t21-/m0/s1. The van der Waals surface area contributed by atoms with Crippen LogP contribution in [0.25, 0.3) is 28.0 Å². The Balaban J connectivity index is 1.57. The summed E-state index contributed by atoms with van der Waals surface area (Å²) in [5.41, 5.74) is 4.13. The van der Waals surface area contributed by atoms with Gasteiger partial charge in [0.25, 0.3) is 0 Å². The summed E-state index contributed by atoms with van der Waals surface area (Å²) in [6, 6.07) is 9.49. The second-order valence-corrected chi connectivity index (χ2v) is 13.0. The number of aromatic nitrogens is 4. The Morgan fingerprint density at radius 3 is 2.60 bits per heavy atom. The van der Waals surface area contributed by atoms with Gasteiger partial charge in [-0.2, -0.15) is 4.98 Å². The van der Waals surface area contributed by atoms with Crippen LogP contribution in [-0.4, -0.2) is 68.9 Å². The Morgan fingerprint density at radius 1 is 1.13 bits per heavy atom. The van der Waals surface area contributed by atoms with Crippen molar-refractivity contribution in [2.24, 2.45) is 0 Å². The molecule has 6 rings (SSSR count). The minimum absolute atomic E-state index is 0.0456. The number of amides is 1. The number of nitrogens with zero attached hydrogens (tertiary/aromatic N) is 6. The quantitative estimate of drug-likeness (QED) is 0.290. The van der Waals surface area contributed by atoms with Crippen molar-refractivity contribution in [2.45, 2.75) is 72.6 Å². The normalized spacial score (nSPS) is 16.3. The molecule has 45 heavy (non-hydrogen) atoms. The molecule has 11 heteroatoms. The van der Waals surface area contributed by atoms with Crippen LogP contribution in [0.1, 0.15) is 64.3 Å². The third kappa shape index (κ3) is 5.44. The molecule has 1 amide bonds. The maximum absolute atomic E-state index is 14.2. The molecule has 1 atom stereocenters. The monoisotopic (exact) mass is 612 g/mol. The highest BCUT2D eigenvalue weighted by atomic mass is 16.6. The van der Waals surface area contributed by atoms with Crippen LogP contribution in [0.3, 0.4) is 0 Å². The zero-order chi connectivity index (χ0) is 32.2. The van der Waals surface area contributed by atoms with Crippen molar-refractivity contribution < 1.29 is 19.0 Å². The molecule has 0 unspecified atom stereocenters. The molecule has 0 saturated carbocycles. The number of anilines is 1. The first-order valence-electron chi connectivity index (χ1n) is 15.3. The van der Waals surface area contributed by atoms with E-state index in [2.05, 4.69) is 23.7 Å². The molecule has 0 aliphatic carbocycles. The van der Waals surface area contributed by atoms with E-state index in [1.165, 1.54) is 0 Å². The SMILES string of the molecule is COc1cccc2c1-c1nc3c(cc1OC2)c(N1CCN(C(=O)OC(C)(C)C)C[C@@H]1C)nc(=O)n3-c1c(C)ccnc1C(C)C. The lowest BCUT2D eigenvalue weighted by molar-refractivity contribution is 0.0218. The Labute approximate surface area is 262 Å². The average molecular weight is 613 g/mol. The van der Waals surface area contributed by atoms with Gasteiger partial charge in [0.05, 0.1) is 29.4 Å². The van der Waals surface area contributed by atoms with Gasteiger partial charge >= 0.3 is 11.8 Å². The Morgan fingerprint density at radius 2 is 1.91 bits per heavy atom. The van der Waals surface area contributed by atoms with Gasteiger partial charge in [-0.1, -0.05) is 26.0 Å². The van der Waals surface area contributed by atoms with Crippen LogP contribution >= 0.6 is 0 Å². The number of benzene rings is 1. The van der Waals surface area contributed by atoms with E-state index in [0.717, 1.165) is 22.4 Å². The lowest BCUT2D eigenvalue weighted by atomic mass is 9.99. The average Bonchev–Trinajstić information content (AvgIpc) is 2.99. The third-order valence-corrected chi connectivity index (χ3v) is 8.24. The first-order valence-corrected chi connectivity index (χ1v) is 15.3. The highest BCUT2D eigenvalue weighted by Crippen LogP contribution is 2.44. The molecule has 4 aromatic rings. The molecule has 5 heterocycles. The molecule has 11 nitrogen and oxygen atoms in total. The number of aryl methyl sites for hydroxylation is 1. The zero-order valence-electron chi connectivity index (χ0n) is 27.2. The number of carbonyl (C=O) groups excluding carboxylic acids is 1. The highest BCUT2D eigenvalue weighted by Gasteiger charge is 2.34. The number of rotatable bonds is 4. The van der Waals surface area contributed by atoms with Crippen LogP contribution in [0.5, 0.6) is 11.5 Å². The maximum Gasteiger partial charge on any atom is 0.410 e. The van der Waals surface area contributed by atoms with Crippen molar-refractivity contribution in [1.82, 2.24) is 24.4 Å². The smallest absolute Gasteiger partial charge is 0.410 e. The highest BCUT2D eigenvalue weighted by molar-refractivity contribution is 5.94. The molecule has 236 valence electrons. The van der Waals surface area contributed by atoms with Gasteiger partial charge < -0.3 is 24.0 Å². The molecule has 0 bridgehead atoms. The van der Waals surface area contributed by atoms with E-state index in [4.69, 9.17) is 24.2 Å². The Bertz CT molecular complexity index is 1850. The lowest BCUT2D eigenvalue weighted by Crippen LogP contribution is -2.55. The topological polar surface area (TPSA) is 112 Å². The van der Waals surface area contributed by atoms with Gasteiger partial charge in [0.2, 0.25) is 0 Å². The first-order chi connectivity index (χ1) is 21.4. The van der Waals surface area contributed by atoms with E-state index >= 15 is 0 Å². The number of hydrogen-bond donors (Lipinski definition) is 0. The van der Waals surface area contributed by atoms with Crippen molar-refractivity contribution in [1.29, 1.82) is 0 Å². The van der Waals surface area contributed by atoms with Crippen LogP contribution in [0, 0.1) is 6.92 Å². The number of pyridine rings is 2. The molecule has 2 aliphatic heterocycles. The van der Waals surface area contributed by atoms with Gasteiger partial charge in [-0.05, 0) is 64.3 Å². The fourth-order valence-electron chi connectivity index (χ4n) is 6.16. The van der Waals surface area contributed by atoms with Crippen LogP contribution in [0.2, 0.25) is 0 Å². The molecular weight excluding hydrogens is 572 g/mol. The molecule has 1 saturated heterocycles. The molecule has 2 aliphatic rings. The van der Waals surface area contributed by atoms with E-state index in [1.54, 1.807) is 22.8 Å². The molecule has 3 aromatic heterocycles. The minimum atomic E-state index is -0.592. The van der Waals surface area contributed by atoms with Crippen molar-refractivity contribution in [3.05, 3.63) is 63.8 Å².